The molecule has 16 heavy (non-hydrogen) atoms. The van der Waals surface area contributed by atoms with E-state index in [1.807, 2.05) is 0 Å². The molecule has 2 aliphatic carbocycles. The van der Waals surface area contributed by atoms with E-state index in [0.717, 1.165) is 31.7 Å². The molecule has 0 N–H and O–H groups in total. The standard InChI is InChI=1S/C12H23NO2S/c1-13(9-10-5-3-6-10)11-7-4-8-12(11)16(2,14)15/h10-12H,3-9H2,1-2H3/t11-,12-/m0/s1. The van der Waals surface area contributed by atoms with Crippen molar-refractivity contribution in [2.75, 3.05) is 19.8 Å². The molecule has 94 valence electrons. The molecule has 0 aliphatic heterocycles. The molecule has 0 spiro atoms. The molecule has 3 nitrogen and oxygen atoms in total. The minimum atomic E-state index is -2.86. The first-order valence-electron chi connectivity index (χ1n) is 6.37. The zero-order valence-electron chi connectivity index (χ0n) is 10.4. The van der Waals surface area contributed by atoms with Crippen LogP contribution in [0.3, 0.4) is 0 Å². The average Bonchev–Trinajstić information content (AvgIpc) is 2.58. The zero-order chi connectivity index (χ0) is 11.8. The van der Waals surface area contributed by atoms with Crippen molar-refractivity contribution in [1.29, 1.82) is 0 Å². The summed E-state index contributed by atoms with van der Waals surface area (Å²) in [5.41, 5.74) is 0. The Hall–Kier alpha value is -0.0900. The van der Waals surface area contributed by atoms with Crippen molar-refractivity contribution in [1.82, 2.24) is 4.90 Å². The van der Waals surface area contributed by atoms with Crippen LogP contribution in [0.15, 0.2) is 0 Å². The molecule has 0 bridgehead atoms. The minimum absolute atomic E-state index is 0.113. The van der Waals surface area contributed by atoms with Gasteiger partial charge in [0.05, 0.1) is 5.25 Å². The predicted molar refractivity (Wildman–Crippen MR) is 66.2 cm³/mol. The molecule has 0 aromatic rings. The van der Waals surface area contributed by atoms with E-state index < -0.39 is 9.84 Å². The molecule has 2 aliphatic rings. The number of rotatable bonds is 4. The molecule has 2 rings (SSSR count). The van der Waals surface area contributed by atoms with Gasteiger partial charge < -0.3 is 4.90 Å². The van der Waals surface area contributed by atoms with Crippen LogP contribution in [0.4, 0.5) is 0 Å². The van der Waals surface area contributed by atoms with Gasteiger partial charge in [0.2, 0.25) is 0 Å². The van der Waals surface area contributed by atoms with Crippen molar-refractivity contribution in [3.8, 4) is 0 Å². The maximum absolute atomic E-state index is 11.7. The van der Waals surface area contributed by atoms with Gasteiger partial charge in [-0.1, -0.05) is 12.8 Å². The Balaban J connectivity index is 1.96. The largest absolute Gasteiger partial charge is 0.302 e. The Bertz CT molecular complexity index is 335. The van der Waals surface area contributed by atoms with Crippen molar-refractivity contribution < 1.29 is 8.42 Å². The van der Waals surface area contributed by atoms with Gasteiger partial charge in [0.1, 0.15) is 0 Å². The maximum Gasteiger partial charge on any atom is 0.151 e. The second-order valence-corrected chi connectivity index (χ2v) is 7.87. The molecule has 4 heteroatoms. The lowest BCUT2D eigenvalue weighted by Crippen LogP contribution is -2.44. The van der Waals surface area contributed by atoms with Crippen LogP contribution < -0.4 is 0 Å². The molecule has 2 saturated carbocycles. The molecule has 0 aromatic heterocycles. The van der Waals surface area contributed by atoms with Crippen molar-refractivity contribution in [3.63, 3.8) is 0 Å². The van der Waals surface area contributed by atoms with Gasteiger partial charge in [-0.05, 0) is 38.6 Å². The van der Waals surface area contributed by atoms with Gasteiger partial charge in [-0.3, -0.25) is 0 Å². The third-order valence-electron chi connectivity index (χ3n) is 4.30. The molecule has 0 heterocycles. The number of sulfone groups is 1. The van der Waals surface area contributed by atoms with Crippen LogP contribution in [-0.4, -0.2) is 44.5 Å². The van der Waals surface area contributed by atoms with Crippen LogP contribution in [0.25, 0.3) is 0 Å². The molecule has 0 radical (unpaired) electrons. The first kappa shape index (κ1) is 12.4. The van der Waals surface area contributed by atoms with E-state index in [2.05, 4.69) is 11.9 Å². The van der Waals surface area contributed by atoms with Gasteiger partial charge in [-0.25, -0.2) is 8.42 Å². The lowest BCUT2D eigenvalue weighted by atomic mass is 9.85. The summed E-state index contributed by atoms with van der Waals surface area (Å²) in [7, 11) is -0.759. The Kier molecular flexibility index (Phi) is 3.59. The molecular weight excluding hydrogens is 222 g/mol. The fourth-order valence-corrected chi connectivity index (χ4v) is 4.64. The van der Waals surface area contributed by atoms with E-state index in [1.165, 1.54) is 25.5 Å². The second-order valence-electron chi connectivity index (χ2n) is 5.60. The zero-order valence-corrected chi connectivity index (χ0v) is 11.2. The molecule has 0 saturated heterocycles. The number of hydrogen-bond donors (Lipinski definition) is 0. The van der Waals surface area contributed by atoms with Gasteiger partial charge in [-0.2, -0.15) is 0 Å². The summed E-state index contributed by atoms with van der Waals surface area (Å²) in [5.74, 6) is 0.825. The third-order valence-corrected chi connectivity index (χ3v) is 5.95. The van der Waals surface area contributed by atoms with E-state index in [1.54, 1.807) is 0 Å². The lowest BCUT2D eigenvalue weighted by molar-refractivity contribution is 0.164. The topological polar surface area (TPSA) is 37.4 Å². The lowest BCUT2D eigenvalue weighted by Gasteiger charge is -2.35. The highest BCUT2D eigenvalue weighted by atomic mass is 32.2. The molecule has 0 aromatic carbocycles. The van der Waals surface area contributed by atoms with Crippen molar-refractivity contribution in [3.05, 3.63) is 0 Å². The van der Waals surface area contributed by atoms with Crippen LogP contribution in [-0.2, 0) is 9.84 Å². The van der Waals surface area contributed by atoms with Gasteiger partial charge in [-0.15, -0.1) is 0 Å². The molecule has 0 unspecified atom stereocenters. The summed E-state index contributed by atoms with van der Waals surface area (Å²) < 4.78 is 23.4. The van der Waals surface area contributed by atoms with E-state index in [4.69, 9.17) is 0 Å². The van der Waals surface area contributed by atoms with Gasteiger partial charge >= 0.3 is 0 Å². The average molecular weight is 245 g/mol. The van der Waals surface area contributed by atoms with Crippen molar-refractivity contribution in [2.45, 2.75) is 49.8 Å². The summed E-state index contributed by atoms with van der Waals surface area (Å²) in [6.45, 7) is 1.09. The Morgan fingerprint density at radius 3 is 2.25 bits per heavy atom. The second kappa shape index (κ2) is 4.65. The monoisotopic (exact) mass is 245 g/mol. The molecule has 2 atom stereocenters. The first-order valence-corrected chi connectivity index (χ1v) is 8.33. The SMILES string of the molecule is CN(CC1CCC1)[C@H]1CCC[C@@H]1S(C)(=O)=O. The summed E-state index contributed by atoms with van der Waals surface area (Å²) in [5, 5.41) is -0.113. The van der Waals surface area contributed by atoms with E-state index >= 15 is 0 Å². The maximum atomic E-state index is 11.7. The van der Waals surface area contributed by atoms with Crippen molar-refractivity contribution >= 4 is 9.84 Å². The van der Waals surface area contributed by atoms with Crippen molar-refractivity contribution in [2.24, 2.45) is 5.92 Å². The van der Waals surface area contributed by atoms with Gasteiger partial charge in [0.15, 0.2) is 9.84 Å². The highest BCUT2D eigenvalue weighted by Gasteiger charge is 2.37. The van der Waals surface area contributed by atoms with Crippen LogP contribution in [0.5, 0.6) is 0 Å². The van der Waals surface area contributed by atoms with E-state index in [-0.39, 0.29) is 11.3 Å². The van der Waals surface area contributed by atoms with E-state index in [9.17, 15) is 8.42 Å². The van der Waals surface area contributed by atoms with Crippen LogP contribution in [0.1, 0.15) is 38.5 Å². The smallest absolute Gasteiger partial charge is 0.151 e. The summed E-state index contributed by atoms with van der Waals surface area (Å²) in [6, 6.07) is 0.274. The van der Waals surface area contributed by atoms with Gasteiger partial charge in [0, 0.05) is 18.8 Å². The Labute approximate surface area is 99.1 Å². The highest BCUT2D eigenvalue weighted by Crippen LogP contribution is 2.32. The third kappa shape index (κ3) is 2.59. The van der Waals surface area contributed by atoms with Crippen LogP contribution >= 0.6 is 0 Å². The Morgan fingerprint density at radius 2 is 1.75 bits per heavy atom. The Morgan fingerprint density at radius 1 is 1.12 bits per heavy atom. The van der Waals surface area contributed by atoms with Crippen LogP contribution in [0.2, 0.25) is 0 Å². The van der Waals surface area contributed by atoms with E-state index in [0.29, 0.717) is 0 Å². The number of nitrogens with zero attached hydrogens (tertiary/aromatic N) is 1. The summed E-state index contributed by atoms with van der Waals surface area (Å²) in [6.07, 6.45) is 8.41. The summed E-state index contributed by atoms with van der Waals surface area (Å²) in [4.78, 5) is 2.31. The molecule has 2 fully saturated rings. The normalized spacial score (nSPS) is 31.9. The van der Waals surface area contributed by atoms with Gasteiger partial charge in [0.25, 0.3) is 0 Å². The molecular formula is C12H23NO2S. The van der Waals surface area contributed by atoms with Crippen LogP contribution in [0, 0.1) is 5.92 Å². The summed E-state index contributed by atoms with van der Waals surface area (Å²) >= 11 is 0. The molecule has 0 amide bonds. The first-order chi connectivity index (χ1) is 7.48. The minimum Gasteiger partial charge on any atom is -0.302 e. The fourth-order valence-electron chi connectivity index (χ4n) is 3.13. The predicted octanol–water partition coefficient (Wildman–Crippen LogP) is 1.68. The number of hydrogen-bond acceptors (Lipinski definition) is 3. The fraction of sp³-hybridized carbons (Fsp3) is 1.00. The quantitative estimate of drug-likeness (QED) is 0.756. The highest BCUT2D eigenvalue weighted by molar-refractivity contribution is 7.91.